The largest absolute Gasteiger partial charge is 0.306 e. The van der Waals surface area contributed by atoms with Crippen molar-refractivity contribution in [3.8, 4) is 0 Å². The summed E-state index contributed by atoms with van der Waals surface area (Å²) in [5.74, 6) is 0. The molecule has 1 unspecified atom stereocenters. The zero-order valence-corrected chi connectivity index (χ0v) is 13.8. The zero-order valence-electron chi connectivity index (χ0n) is 13.0. The molecule has 1 N–H and O–H groups in total. The fourth-order valence-electron chi connectivity index (χ4n) is 3.18. The van der Waals surface area contributed by atoms with Gasteiger partial charge in [0.15, 0.2) is 0 Å². The molecule has 0 bridgehead atoms. The molecule has 1 aliphatic rings. The minimum absolute atomic E-state index is 0.292. The Labute approximate surface area is 131 Å². The highest BCUT2D eigenvalue weighted by atomic mass is 32.1. The topological polar surface area (TPSA) is 24.9 Å². The first kappa shape index (κ1) is 14.7. The van der Waals surface area contributed by atoms with E-state index in [-0.39, 0.29) is 0 Å². The first-order chi connectivity index (χ1) is 10.3. The normalized spacial score (nSPS) is 16.3. The van der Waals surface area contributed by atoms with Crippen LogP contribution in [0.15, 0.2) is 24.5 Å². The van der Waals surface area contributed by atoms with Gasteiger partial charge in [0, 0.05) is 22.1 Å². The van der Waals surface area contributed by atoms with Crippen LogP contribution in [-0.4, -0.2) is 11.5 Å². The van der Waals surface area contributed by atoms with Gasteiger partial charge in [-0.05, 0) is 68.0 Å². The van der Waals surface area contributed by atoms with Crippen LogP contribution in [0.4, 0.5) is 0 Å². The number of rotatable bonds is 4. The van der Waals surface area contributed by atoms with E-state index in [1.165, 1.54) is 48.1 Å². The summed E-state index contributed by atoms with van der Waals surface area (Å²) in [5.41, 5.74) is 4.23. The van der Waals surface area contributed by atoms with Crippen molar-refractivity contribution >= 4 is 11.3 Å². The summed E-state index contributed by atoms with van der Waals surface area (Å²) in [6.45, 7) is 5.33. The number of thiophene rings is 1. The average Bonchev–Trinajstić information content (AvgIpc) is 2.76. The van der Waals surface area contributed by atoms with Crippen LogP contribution in [-0.2, 0) is 12.8 Å². The van der Waals surface area contributed by atoms with Crippen molar-refractivity contribution in [3.63, 3.8) is 0 Å². The van der Waals surface area contributed by atoms with E-state index in [4.69, 9.17) is 0 Å². The van der Waals surface area contributed by atoms with Gasteiger partial charge in [0.2, 0.25) is 0 Å². The molecule has 0 spiro atoms. The van der Waals surface area contributed by atoms with Crippen molar-refractivity contribution in [1.82, 2.24) is 10.3 Å². The van der Waals surface area contributed by atoms with Crippen LogP contribution >= 0.6 is 11.3 Å². The molecule has 2 nitrogen and oxygen atoms in total. The first-order valence-corrected chi connectivity index (χ1v) is 8.86. The highest BCUT2D eigenvalue weighted by Gasteiger charge is 2.20. The van der Waals surface area contributed by atoms with Gasteiger partial charge < -0.3 is 5.32 Å². The van der Waals surface area contributed by atoms with E-state index in [0.29, 0.717) is 6.04 Å². The van der Waals surface area contributed by atoms with Crippen LogP contribution in [0.3, 0.4) is 0 Å². The molecule has 0 amide bonds. The van der Waals surface area contributed by atoms with Crippen molar-refractivity contribution in [3.05, 3.63) is 51.0 Å². The number of nitrogens with one attached hydrogen (secondary N) is 1. The third-order valence-electron chi connectivity index (χ3n) is 4.35. The van der Waals surface area contributed by atoms with Gasteiger partial charge in [-0.3, -0.25) is 4.98 Å². The molecule has 112 valence electrons. The van der Waals surface area contributed by atoms with Gasteiger partial charge in [0.1, 0.15) is 0 Å². The number of hydrogen-bond acceptors (Lipinski definition) is 3. The van der Waals surface area contributed by atoms with Crippen molar-refractivity contribution in [1.29, 1.82) is 0 Å². The van der Waals surface area contributed by atoms with Crippen LogP contribution in [0, 0.1) is 6.92 Å². The molecule has 0 fully saturated rings. The third kappa shape index (κ3) is 3.19. The predicted molar refractivity (Wildman–Crippen MR) is 90.1 cm³/mol. The van der Waals surface area contributed by atoms with Crippen molar-refractivity contribution in [2.45, 2.75) is 52.0 Å². The van der Waals surface area contributed by atoms with E-state index in [9.17, 15) is 0 Å². The number of aryl methyl sites for hydroxylation is 3. The SMILES string of the molecule is CCNC(c1cc2c(s1)CCCCC2)c1cnccc1C. The second kappa shape index (κ2) is 6.71. The van der Waals surface area contributed by atoms with E-state index in [2.05, 4.69) is 36.3 Å². The van der Waals surface area contributed by atoms with Crippen LogP contribution in [0.2, 0.25) is 0 Å². The summed E-state index contributed by atoms with van der Waals surface area (Å²) in [5, 5.41) is 3.65. The Morgan fingerprint density at radius 3 is 2.95 bits per heavy atom. The molecule has 0 radical (unpaired) electrons. The lowest BCUT2D eigenvalue weighted by Crippen LogP contribution is -2.22. The highest BCUT2D eigenvalue weighted by molar-refractivity contribution is 7.12. The van der Waals surface area contributed by atoms with Crippen molar-refractivity contribution < 1.29 is 0 Å². The molecular weight excluding hydrogens is 276 g/mol. The van der Waals surface area contributed by atoms with Gasteiger partial charge in [-0.1, -0.05) is 13.3 Å². The molecule has 1 atom stereocenters. The lowest BCUT2D eigenvalue weighted by atomic mass is 10.0. The van der Waals surface area contributed by atoms with Crippen LogP contribution < -0.4 is 5.32 Å². The Kier molecular flexibility index (Phi) is 4.71. The summed E-state index contributed by atoms with van der Waals surface area (Å²) >= 11 is 2.01. The smallest absolute Gasteiger partial charge is 0.0688 e. The van der Waals surface area contributed by atoms with Gasteiger partial charge >= 0.3 is 0 Å². The molecule has 0 aromatic carbocycles. The molecule has 3 rings (SSSR count). The van der Waals surface area contributed by atoms with Gasteiger partial charge in [0.05, 0.1) is 6.04 Å². The third-order valence-corrected chi connectivity index (χ3v) is 5.65. The summed E-state index contributed by atoms with van der Waals surface area (Å²) < 4.78 is 0. The molecule has 0 saturated carbocycles. The number of aromatic nitrogens is 1. The maximum atomic E-state index is 4.34. The lowest BCUT2D eigenvalue weighted by Gasteiger charge is -2.18. The number of hydrogen-bond donors (Lipinski definition) is 1. The van der Waals surface area contributed by atoms with E-state index in [0.717, 1.165) is 6.54 Å². The Morgan fingerprint density at radius 2 is 2.14 bits per heavy atom. The van der Waals surface area contributed by atoms with Gasteiger partial charge in [-0.15, -0.1) is 11.3 Å². The summed E-state index contributed by atoms with van der Waals surface area (Å²) in [6.07, 6.45) is 10.5. The average molecular weight is 300 g/mol. The van der Waals surface area contributed by atoms with Crippen molar-refractivity contribution in [2.75, 3.05) is 6.54 Å². The Bertz CT molecular complexity index is 580. The summed E-state index contributed by atoms with van der Waals surface area (Å²) in [6, 6.07) is 4.85. The molecule has 0 aliphatic heterocycles. The first-order valence-electron chi connectivity index (χ1n) is 8.05. The number of fused-ring (bicyclic) bond motifs is 1. The van der Waals surface area contributed by atoms with Gasteiger partial charge in [0.25, 0.3) is 0 Å². The molecule has 21 heavy (non-hydrogen) atoms. The Morgan fingerprint density at radius 1 is 1.29 bits per heavy atom. The Hall–Kier alpha value is -1.19. The second-order valence-electron chi connectivity index (χ2n) is 5.88. The minimum Gasteiger partial charge on any atom is -0.306 e. The zero-order chi connectivity index (χ0) is 14.7. The molecule has 1 aliphatic carbocycles. The fourth-order valence-corrected chi connectivity index (χ4v) is 4.53. The quantitative estimate of drug-likeness (QED) is 0.846. The van der Waals surface area contributed by atoms with Gasteiger partial charge in [-0.2, -0.15) is 0 Å². The van der Waals surface area contributed by atoms with E-state index >= 15 is 0 Å². The van der Waals surface area contributed by atoms with Gasteiger partial charge in [-0.25, -0.2) is 0 Å². The minimum atomic E-state index is 0.292. The van der Waals surface area contributed by atoms with Crippen molar-refractivity contribution in [2.24, 2.45) is 0 Å². The fraction of sp³-hybridized carbons (Fsp3) is 0.500. The van der Waals surface area contributed by atoms with E-state index in [1.54, 1.807) is 10.4 Å². The summed E-state index contributed by atoms with van der Waals surface area (Å²) in [4.78, 5) is 7.41. The second-order valence-corrected chi connectivity index (χ2v) is 7.05. The van der Waals surface area contributed by atoms with Crippen LogP contribution in [0.5, 0.6) is 0 Å². The molecular formula is C18H24N2S. The lowest BCUT2D eigenvalue weighted by molar-refractivity contribution is 0.633. The summed E-state index contributed by atoms with van der Waals surface area (Å²) in [7, 11) is 0. The Balaban J connectivity index is 1.96. The van der Waals surface area contributed by atoms with Crippen LogP contribution in [0.1, 0.15) is 58.7 Å². The molecule has 0 saturated heterocycles. The molecule has 2 heterocycles. The number of pyridine rings is 1. The standard InChI is InChI=1S/C18H24N2S/c1-3-20-18(15-12-19-10-9-13(15)2)17-11-14-7-5-4-6-8-16(14)21-17/h9-12,18,20H,3-8H2,1-2H3. The maximum absolute atomic E-state index is 4.34. The molecule has 2 aromatic heterocycles. The maximum Gasteiger partial charge on any atom is 0.0688 e. The monoisotopic (exact) mass is 300 g/mol. The van der Waals surface area contributed by atoms with E-state index in [1.807, 2.05) is 23.7 Å². The molecule has 3 heteroatoms. The predicted octanol–water partition coefficient (Wildman–Crippen LogP) is 4.42. The van der Waals surface area contributed by atoms with E-state index < -0.39 is 0 Å². The van der Waals surface area contributed by atoms with Crippen LogP contribution in [0.25, 0.3) is 0 Å². The molecule has 2 aromatic rings. The highest BCUT2D eigenvalue weighted by Crippen LogP contribution is 2.35. The number of nitrogens with zero attached hydrogens (tertiary/aromatic N) is 1.